The van der Waals surface area contributed by atoms with Crippen LogP contribution in [0.2, 0.25) is 0 Å². The predicted octanol–water partition coefficient (Wildman–Crippen LogP) is 4.61. The first-order valence-corrected chi connectivity index (χ1v) is 12.3. The second-order valence-electron chi connectivity index (χ2n) is 8.13. The Labute approximate surface area is 200 Å². The van der Waals surface area contributed by atoms with E-state index in [1.807, 2.05) is 0 Å². The number of amides is 1. The maximum Gasteiger partial charge on any atom is 0.248 e. The molecule has 184 valence electrons. The molecule has 1 aliphatic rings. The van der Waals surface area contributed by atoms with Crippen molar-refractivity contribution < 1.29 is 30.9 Å². The number of hydrogen-bond donors (Lipinski definition) is 1. The number of benzene rings is 2. The Kier molecular flexibility index (Phi) is 7.08. The molecular weight excluding hydrogens is 483 g/mol. The highest BCUT2D eigenvalue weighted by atomic mass is 32.2. The van der Waals surface area contributed by atoms with E-state index in [0.29, 0.717) is 12.8 Å². The number of nitrogens with one attached hydrogen (secondary N) is 1. The molecule has 0 aliphatic carbocycles. The Hall–Kier alpha value is -3.44. The number of carbonyl (C=O) groups is 1. The number of piperidine rings is 1. The van der Waals surface area contributed by atoms with Crippen molar-refractivity contribution >= 4 is 33.8 Å². The lowest BCUT2D eigenvalue weighted by Crippen LogP contribution is -2.44. The van der Waals surface area contributed by atoms with Crippen molar-refractivity contribution in [3.63, 3.8) is 0 Å². The Balaban J connectivity index is 1.55. The van der Waals surface area contributed by atoms with E-state index in [-0.39, 0.29) is 40.7 Å². The van der Waals surface area contributed by atoms with Gasteiger partial charge in [-0.1, -0.05) is 23.4 Å². The first-order chi connectivity index (χ1) is 16.7. The molecule has 1 saturated heterocycles. The van der Waals surface area contributed by atoms with E-state index in [9.17, 15) is 26.4 Å². The Bertz CT molecular complexity index is 1390. The van der Waals surface area contributed by atoms with Crippen molar-refractivity contribution in [2.45, 2.75) is 24.7 Å². The van der Waals surface area contributed by atoms with Gasteiger partial charge in [0.2, 0.25) is 15.9 Å². The molecule has 0 saturated carbocycles. The summed E-state index contributed by atoms with van der Waals surface area (Å²) < 4.78 is 74.6. The summed E-state index contributed by atoms with van der Waals surface area (Å²) in [6, 6.07) is 8.66. The topological polar surface area (TPSA) is 92.5 Å². The van der Waals surface area contributed by atoms with Gasteiger partial charge in [0.05, 0.1) is 11.6 Å². The summed E-state index contributed by atoms with van der Waals surface area (Å²) in [5.41, 5.74) is 0.0428. The first-order valence-electron chi connectivity index (χ1n) is 10.8. The lowest BCUT2D eigenvalue weighted by Gasteiger charge is -2.31. The molecular formula is C24H22F3N3O4S. The molecule has 1 fully saturated rings. The van der Waals surface area contributed by atoms with Crippen molar-refractivity contribution in [1.29, 1.82) is 0 Å². The largest absolute Gasteiger partial charge is 0.355 e. The number of aromatic nitrogens is 1. The normalized spacial score (nSPS) is 17.1. The molecule has 35 heavy (non-hydrogen) atoms. The van der Waals surface area contributed by atoms with Gasteiger partial charge in [-0.25, -0.2) is 21.6 Å². The zero-order valence-electron chi connectivity index (χ0n) is 18.7. The summed E-state index contributed by atoms with van der Waals surface area (Å²) in [6.45, 7) is 1.46. The van der Waals surface area contributed by atoms with E-state index in [4.69, 9.17) is 4.52 Å². The fourth-order valence-electron chi connectivity index (χ4n) is 3.91. The van der Waals surface area contributed by atoms with Crippen molar-refractivity contribution in [2.24, 2.45) is 5.92 Å². The Morgan fingerprint density at radius 1 is 1.14 bits per heavy atom. The van der Waals surface area contributed by atoms with Gasteiger partial charge >= 0.3 is 0 Å². The van der Waals surface area contributed by atoms with Crippen LogP contribution in [0, 0.1) is 30.3 Å². The van der Waals surface area contributed by atoms with Crippen LogP contribution < -0.4 is 5.32 Å². The van der Waals surface area contributed by atoms with Gasteiger partial charge in [0.1, 0.15) is 23.1 Å². The van der Waals surface area contributed by atoms with E-state index in [1.54, 1.807) is 6.07 Å². The smallest absolute Gasteiger partial charge is 0.248 e. The van der Waals surface area contributed by atoms with Crippen LogP contribution in [0.5, 0.6) is 0 Å². The van der Waals surface area contributed by atoms with Gasteiger partial charge < -0.3 is 9.84 Å². The van der Waals surface area contributed by atoms with Gasteiger partial charge in [-0.3, -0.25) is 4.79 Å². The van der Waals surface area contributed by atoms with Crippen LogP contribution in [0.1, 0.15) is 29.9 Å². The molecule has 11 heteroatoms. The minimum atomic E-state index is -4.13. The molecule has 4 rings (SSSR count). The number of hydrogen-bond acceptors (Lipinski definition) is 5. The molecule has 0 bridgehead atoms. The zero-order valence-corrected chi connectivity index (χ0v) is 19.5. The number of sulfonamides is 1. The van der Waals surface area contributed by atoms with Crippen LogP contribution >= 0.6 is 0 Å². The summed E-state index contributed by atoms with van der Waals surface area (Å²) >= 11 is 0. The molecule has 7 nitrogen and oxygen atoms in total. The molecule has 0 radical (unpaired) electrons. The molecule has 1 atom stereocenters. The van der Waals surface area contributed by atoms with Crippen LogP contribution in [0.4, 0.5) is 18.9 Å². The molecule has 0 unspecified atom stereocenters. The van der Waals surface area contributed by atoms with Crippen LogP contribution in [0.25, 0.3) is 12.2 Å². The predicted molar refractivity (Wildman–Crippen MR) is 123 cm³/mol. The van der Waals surface area contributed by atoms with Gasteiger partial charge in [-0.2, -0.15) is 4.31 Å². The highest BCUT2D eigenvalue weighted by Crippen LogP contribution is 2.30. The number of anilines is 1. The Morgan fingerprint density at radius 2 is 1.91 bits per heavy atom. The lowest BCUT2D eigenvalue weighted by molar-refractivity contribution is -0.120. The van der Waals surface area contributed by atoms with E-state index < -0.39 is 39.3 Å². The van der Waals surface area contributed by atoms with Crippen molar-refractivity contribution in [3.05, 3.63) is 76.9 Å². The summed E-state index contributed by atoms with van der Waals surface area (Å²) in [6.07, 6.45) is 3.46. The van der Waals surface area contributed by atoms with E-state index in [1.165, 1.54) is 37.3 Å². The third-order valence-electron chi connectivity index (χ3n) is 5.69. The van der Waals surface area contributed by atoms with Gasteiger partial charge in [0.15, 0.2) is 10.7 Å². The summed E-state index contributed by atoms with van der Waals surface area (Å²) in [5, 5.41) is 6.10. The zero-order chi connectivity index (χ0) is 25.2. The Morgan fingerprint density at radius 3 is 2.69 bits per heavy atom. The van der Waals surface area contributed by atoms with Gasteiger partial charge in [-0.15, -0.1) is 0 Å². The van der Waals surface area contributed by atoms with Gasteiger partial charge in [-0.05, 0) is 50.1 Å². The second kappa shape index (κ2) is 10.0. The van der Waals surface area contributed by atoms with Crippen LogP contribution in [-0.2, 0) is 14.8 Å². The highest BCUT2D eigenvalue weighted by molar-refractivity contribution is 7.89. The summed E-state index contributed by atoms with van der Waals surface area (Å²) in [5.74, 6) is -3.46. The molecule has 3 aromatic rings. The number of rotatable bonds is 6. The molecule has 2 aromatic carbocycles. The van der Waals surface area contributed by atoms with Crippen molar-refractivity contribution in [1.82, 2.24) is 9.46 Å². The fraction of sp³-hybridized carbons (Fsp3) is 0.250. The molecule has 1 N–H and O–H groups in total. The monoisotopic (exact) mass is 505 g/mol. The van der Waals surface area contributed by atoms with Crippen molar-refractivity contribution in [2.75, 3.05) is 18.4 Å². The fourth-order valence-corrected chi connectivity index (χ4v) is 5.68. The minimum absolute atomic E-state index is 0.0702. The number of aryl methyl sites for hydroxylation is 1. The van der Waals surface area contributed by atoms with Crippen LogP contribution in [-0.4, -0.2) is 36.9 Å². The highest BCUT2D eigenvalue weighted by Gasteiger charge is 2.37. The van der Waals surface area contributed by atoms with E-state index >= 15 is 0 Å². The minimum Gasteiger partial charge on any atom is -0.355 e. The quantitative estimate of drug-likeness (QED) is 0.528. The third kappa shape index (κ3) is 5.30. The number of nitrogens with zero attached hydrogens (tertiary/aromatic N) is 2. The maximum atomic E-state index is 13.9. The van der Waals surface area contributed by atoms with Gasteiger partial charge in [0, 0.05) is 24.7 Å². The standard InChI is InChI=1S/C24H22F3N3O4S/c1-15-23(22(34-29-15)11-8-16-5-2-3-7-19(16)26)35(32,33)30-12-4-6-17(14-30)24(31)28-21-13-18(25)9-10-20(21)27/h2-3,5,7-11,13,17H,4,6,12,14H2,1H3,(H,28,31)/b11-8+/t17-/m0/s1. The molecule has 1 aromatic heterocycles. The average molecular weight is 506 g/mol. The summed E-state index contributed by atoms with van der Waals surface area (Å²) in [7, 11) is -4.13. The molecule has 1 amide bonds. The van der Waals surface area contributed by atoms with Crippen LogP contribution in [0.3, 0.4) is 0 Å². The molecule has 0 spiro atoms. The SMILES string of the molecule is Cc1noc(/C=C/c2ccccc2F)c1S(=O)(=O)N1CCC[C@H](C(=O)Nc2cc(F)ccc2F)C1. The second-order valence-corrected chi connectivity index (χ2v) is 10.0. The van der Waals surface area contributed by atoms with E-state index in [0.717, 1.165) is 22.5 Å². The average Bonchev–Trinajstić information content (AvgIpc) is 3.22. The first kappa shape index (κ1) is 24.7. The van der Waals surface area contributed by atoms with Crippen molar-refractivity contribution in [3.8, 4) is 0 Å². The maximum absolute atomic E-state index is 13.9. The third-order valence-corrected chi connectivity index (χ3v) is 7.72. The van der Waals surface area contributed by atoms with Crippen LogP contribution in [0.15, 0.2) is 51.9 Å². The lowest BCUT2D eigenvalue weighted by atomic mass is 9.98. The van der Waals surface area contributed by atoms with E-state index in [2.05, 4.69) is 10.5 Å². The number of carbonyl (C=O) groups excluding carboxylic acids is 1. The molecule has 1 aliphatic heterocycles. The molecule has 2 heterocycles. The van der Waals surface area contributed by atoms with Gasteiger partial charge in [0.25, 0.3) is 0 Å². The summed E-state index contributed by atoms with van der Waals surface area (Å²) in [4.78, 5) is 12.5. The number of halogens is 3.